The van der Waals surface area contributed by atoms with Crippen molar-refractivity contribution in [1.82, 2.24) is 5.32 Å². The highest BCUT2D eigenvalue weighted by Gasteiger charge is 2.16. The van der Waals surface area contributed by atoms with Crippen LogP contribution in [0.2, 0.25) is 5.02 Å². The zero-order valence-electron chi connectivity index (χ0n) is 12.6. The molecule has 1 aromatic carbocycles. The first-order valence-corrected chi connectivity index (χ1v) is 7.39. The molecule has 0 radical (unpaired) electrons. The molecule has 2 rings (SSSR count). The Labute approximate surface area is 131 Å². The third-order valence-corrected chi connectivity index (χ3v) is 3.66. The molecule has 0 saturated carbocycles. The lowest BCUT2D eigenvalue weighted by molar-refractivity contribution is 0.0967. The maximum absolute atomic E-state index is 12.2. The van der Waals surface area contributed by atoms with E-state index in [9.17, 15) is 4.79 Å². The Kier molecular flexibility index (Phi) is 4.69. The molecule has 0 saturated heterocycles. The molecule has 1 aromatic rings. The van der Waals surface area contributed by atoms with Gasteiger partial charge in [0.1, 0.15) is 0 Å². The summed E-state index contributed by atoms with van der Waals surface area (Å²) in [4.78, 5) is 12.2. The molecule has 0 spiro atoms. The van der Waals surface area contributed by atoms with Gasteiger partial charge < -0.3 is 5.32 Å². The van der Waals surface area contributed by atoms with Crippen molar-refractivity contribution < 1.29 is 4.79 Å². The zero-order chi connectivity index (χ0) is 15.5. The van der Waals surface area contributed by atoms with Gasteiger partial charge in [-0.25, -0.2) is 0 Å². The lowest BCUT2D eigenvalue weighted by Crippen LogP contribution is -2.21. The number of hydrogen-bond donors (Lipinski definition) is 1. The Bertz CT molecular complexity index is 633. The number of benzene rings is 1. The fourth-order valence-corrected chi connectivity index (χ4v) is 2.30. The SMILES string of the molecule is CC(C)(C)C1=CC=CC(NC(=O)c2cccc(Cl)c2)=CC1. The molecule has 0 atom stereocenters. The Balaban J connectivity index is 2.08. The van der Waals surface area contributed by atoms with Crippen LogP contribution in [0.4, 0.5) is 0 Å². The molecule has 2 nitrogen and oxygen atoms in total. The third-order valence-electron chi connectivity index (χ3n) is 3.42. The Morgan fingerprint density at radius 1 is 1.29 bits per heavy atom. The van der Waals surface area contributed by atoms with Crippen LogP contribution in [0.3, 0.4) is 0 Å². The molecule has 0 heterocycles. The highest BCUT2D eigenvalue weighted by atomic mass is 35.5. The molecular weight excluding hydrogens is 282 g/mol. The van der Waals surface area contributed by atoms with Crippen LogP contribution in [0.25, 0.3) is 0 Å². The summed E-state index contributed by atoms with van der Waals surface area (Å²) in [7, 11) is 0. The van der Waals surface area contributed by atoms with Crippen LogP contribution < -0.4 is 5.32 Å². The van der Waals surface area contributed by atoms with Crippen molar-refractivity contribution in [2.45, 2.75) is 27.2 Å². The van der Waals surface area contributed by atoms with Gasteiger partial charge in [0.2, 0.25) is 0 Å². The minimum absolute atomic E-state index is 0.132. The normalized spacial score (nSPS) is 15.0. The second kappa shape index (κ2) is 6.31. The van der Waals surface area contributed by atoms with Crippen molar-refractivity contribution in [3.05, 3.63) is 70.4 Å². The molecule has 1 aliphatic rings. The number of carbonyl (C=O) groups excluding carboxylic acids is 1. The zero-order valence-corrected chi connectivity index (χ0v) is 13.4. The molecule has 0 unspecified atom stereocenters. The van der Waals surface area contributed by atoms with E-state index in [1.807, 2.05) is 18.2 Å². The quantitative estimate of drug-likeness (QED) is 0.828. The second-order valence-electron chi connectivity index (χ2n) is 6.13. The molecule has 1 amide bonds. The largest absolute Gasteiger partial charge is 0.322 e. The molecule has 0 bridgehead atoms. The van der Waals surface area contributed by atoms with Crippen LogP contribution in [0.15, 0.2) is 59.8 Å². The third kappa shape index (κ3) is 4.33. The fraction of sp³-hybridized carbons (Fsp3) is 0.278. The van der Waals surface area contributed by atoms with E-state index in [-0.39, 0.29) is 11.3 Å². The minimum atomic E-state index is -0.146. The van der Waals surface area contributed by atoms with Gasteiger partial charge in [-0.1, -0.05) is 62.2 Å². The van der Waals surface area contributed by atoms with E-state index >= 15 is 0 Å². The average molecular weight is 302 g/mol. The van der Waals surface area contributed by atoms with E-state index in [0.29, 0.717) is 10.6 Å². The molecule has 110 valence electrons. The first-order valence-electron chi connectivity index (χ1n) is 7.01. The van der Waals surface area contributed by atoms with Crippen LogP contribution >= 0.6 is 11.6 Å². The van der Waals surface area contributed by atoms with Crippen molar-refractivity contribution in [3.8, 4) is 0 Å². The molecule has 0 aliphatic heterocycles. The number of amides is 1. The monoisotopic (exact) mass is 301 g/mol. The number of rotatable bonds is 2. The van der Waals surface area contributed by atoms with Crippen LogP contribution in [0.1, 0.15) is 37.6 Å². The molecule has 1 aliphatic carbocycles. The van der Waals surface area contributed by atoms with Gasteiger partial charge >= 0.3 is 0 Å². The van der Waals surface area contributed by atoms with Gasteiger partial charge in [0.05, 0.1) is 0 Å². The van der Waals surface area contributed by atoms with E-state index in [0.717, 1.165) is 12.1 Å². The summed E-state index contributed by atoms with van der Waals surface area (Å²) in [6.07, 6.45) is 8.90. The topological polar surface area (TPSA) is 29.1 Å². The predicted molar refractivity (Wildman–Crippen MR) is 88.3 cm³/mol. The molecular formula is C18H20ClNO. The van der Waals surface area contributed by atoms with Crippen LogP contribution in [-0.4, -0.2) is 5.91 Å². The van der Waals surface area contributed by atoms with Gasteiger partial charge in [-0.05, 0) is 36.1 Å². The number of carbonyl (C=O) groups is 1. The second-order valence-corrected chi connectivity index (χ2v) is 6.57. The van der Waals surface area contributed by atoms with Gasteiger partial charge in [0.25, 0.3) is 5.91 Å². The van der Waals surface area contributed by atoms with E-state index in [1.165, 1.54) is 5.57 Å². The van der Waals surface area contributed by atoms with Gasteiger partial charge in [-0.2, -0.15) is 0 Å². The van der Waals surface area contributed by atoms with E-state index in [1.54, 1.807) is 24.3 Å². The summed E-state index contributed by atoms with van der Waals surface area (Å²) in [5, 5.41) is 3.48. The number of allylic oxidation sites excluding steroid dienone is 5. The summed E-state index contributed by atoms with van der Waals surface area (Å²) in [6, 6.07) is 6.94. The Hall–Kier alpha value is -1.80. The maximum atomic E-state index is 12.2. The fourth-order valence-electron chi connectivity index (χ4n) is 2.11. The average Bonchev–Trinajstić information content (AvgIpc) is 2.64. The summed E-state index contributed by atoms with van der Waals surface area (Å²) >= 11 is 5.91. The molecule has 21 heavy (non-hydrogen) atoms. The van der Waals surface area contributed by atoms with Crippen molar-refractivity contribution >= 4 is 17.5 Å². The first-order chi connectivity index (χ1) is 9.86. The van der Waals surface area contributed by atoms with E-state index in [2.05, 4.69) is 32.2 Å². The lowest BCUT2D eigenvalue weighted by atomic mass is 9.84. The lowest BCUT2D eigenvalue weighted by Gasteiger charge is -2.21. The van der Waals surface area contributed by atoms with E-state index in [4.69, 9.17) is 11.6 Å². The number of halogens is 1. The standard InChI is InChI=1S/C18H20ClNO/c1-18(2,3)14-7-5-9-16(11-10-14)20-17(21)13-6-4-8-15(19)12-13/h4-9,11-12H,10H2,1-3H3,(H,20,21). The number of nitrogens with one attached hydrogen (secondary N) is 1. The minimum Gasteiger partial charge on any atom is -0.322 e. The molecule has 0 fully saturated rings. The van der Waals surface area contributed by atoms with Gasteiger partial charge in [0.15, 0.2) is 0 Å². The van der Waals surface area contributed by atoms with Crippen LogP contribution in [0.5, 0.6) is 0 Å². The Morgan fingerprint density at radius 3 is 2.71 bits per heavy atom. The van der Waals surface area contributed by atoms with Crippen molar-refractivity contribution in [2.75, 3.05) is 0 Å². The van der Waals surface area contributed by atoms with Crippen LogP contribution in [0, 0.1) is 5.41 Å². The van der Waals surface area contributed by atoms with E-state index < -0.39 is 0 Å². The smallest absolute Gasteiger partial charge is 0.255 e. The van der Waals surface area contributed by atoms with Crippen molar-refractivity contribution in [1.29, 1.82) is 0 Å². The van der Waals surface area contributed by atoms with Crippen molar-refractivity contribution in [2.24, 2.45) is 5.41 Å². The molecule has 0 aromatic heterocycles. The first kappa shape index (κ1) is 15.6. The number of hydrogen-bond acceptors (Lipinski definition) is 1. The van der Waals surface area contributed by atoms with Gasteiger partial charge in [-0.3, -0.25) is 4.79 Å². The predicted octanol–water partition coefficient (Wildman–Crippen LogP) is 4.89. The maximum Gasteiger partial charge on any atom is 0.255 e. The highest BCUT2D eigenvalue weighted by molar-refractivity contribution is 6.30. The summed E-state index contributed by atoms with van der Waals surface area (Å²) in [5.41, 5.74) is 2.85. The molecule has 3 heteroatoms. The van der Waals surface area contributed by atoms with Gasteiger partial charge in [-0.15, -0.1) is 0 Å². The van der Waals surface area contributed by atoms with Gasteiger partial charge in [0, 0.05) is 16.3 Å². The Morgan fingerprint density at radius 2 is 2.05 bits per heavy atom. The van der Waals surface area contributed by atoms with Crippen molar-refractivity contribution in [3.63, 3.8) is 0 Å². The summed E-state index contributed by atoms with van der Waals surface area (Å²) in [5.74, 6) is -0.146. The molecule has 1 N–H and O–H groups in total. The highest BCUT2D eigenvalue weighted by Crippen LogP contribution is 2.29. The summed E-state index contributed by atoms with van der Waals surface area (Å²) < 4.78 is 0. The van der Waals surface area contributed by atoms with Crippen LogP contribution in [-0.2, 0) is 0 Å². The summed E-state index contributed by atoms with van der Waals surface area (Å²) in [6.45, 7) is 6.57.